The van der Waals surface area contributed by atoms with Crippen LogP contribution in [0.4, 0.5) is 5.69 Å². The quantitative estimate of drug-likeness (QED) is 0.890. The summed E-state index contributed by atoms with van der Waals surface area (Å²) >= 11 is 0. The van der Waals surface area contributed by atoms with Gasteiger partial charge in [0.2, 0.25) is 0 Å². The van der Waals surface area contributed by atoms with Gasteiger partial charge in [-0.1, -0.05) is 6.07 Å². The van der Waals surface area contributed by atoms with Gasteiger partial charge in [-0.05, 0) is 30.7 Å². The second kappa shape index (κ2) is 5.40. The first-order valence-electron chi connectivity index (χ1n) is 5.72. The van der Waals surface area contributed by atoms with Gasteiger partial charge in [-0.3, -0.25) is 4.79 Å². The van der Waals surface area contributed by atoms with Crippen LogP contribution < -0.4 is 10.9 Å². The van der Waals surface area contributed by atoms with E-state index in [1.54, 1.807) is 13.0 Å². The number of hydrogen-bond acceptors (Lipinski definition) is 4. The number of carboxylic acids is 1. The molecule has 0 radical (unpaired) electrons. The Labute approximate surface area is 113 Å². The van der Waals surface area contributed by atoms with Crippen molar-refractivity contribution in [1.29, 1.82) is 0 Å². The summed E-state index contributed by atoms with van der Waals surface area (Å²) in [7, 11) is 0. The van der Waals surface area contributed by atoms with Crippen LogP contribution in [-0.2, 0) is 0 Å². The van der Waals surface area contributed by atoms with E-state index in [9.17, 15) is 14.4 Å². The van der Waals surface area contributed by atoms with Crippen molar-refractivity contribution < 1.29 is 19.1 Å². The molecule has 0 fully saturated rings. The summed E-state index contributed by atoms with van der Waals surface area (Å²) in [6, 6.07) is 7.05. The summed E-state index contributed by atoms with van der Waals surface area (Å²) in [4.78, 5) is 33.8. The van der Waals surface area contributed by atoms with Crippen molar-refractivity contribution in [1.82, 2.24) is 0 Å². The lowest BCUT2D eigenvalue weighted by molar-refractivity contribution is 0.0695. The molecule has 0 aliphatic heterocycles. The van der Waals surface area contributed by atoms with Crippen LogP contribution in [0.15, 0.2) is 45.8 Å². The first kappa shape index (κ1) is 13.5. The third-order valence-corrected chi connectivity index (χ3v) is 2.78. The molecule has 1 aromatic carbocycles. The largest absolute Gasteiger partial charge is 0.478 e. The van der Waals surface area contributed by atoms with Gasteiger partial charge < -0.3 is 14.8 Å². The van der Waals surface area contributed by atoms with Crippen LogP contribution in [0.1, 0.15) is 26.3 Å². The lowest BCUT2D eigenvalue weighted by Gasteiger charge is -2.10. The molecule has 2 rings (SSSR count). The minimum atomic E-state index is -1.07. The number of aromatic carboxylic acids is 1. The van der Waals surface area contributed by atoms with Crippen molar-refractivity contribution in [2.24, 2.45) is 0 Å². The summed E-state index contributed by atoms with van der Waals surface area (Å²) in [6.07, 6.45) is 1.05. The van der Waals surface area contributed by atoms with E-state index < -0.39 is 17.5 Å². The smallest absolute Gasteiger partial charge is 0.336 e. The predicted octanol–water partition coefficient (Wildman–Crippen LogP) is 1.90. The molecular weight excluding hydrogens is 262 g/mol. The number of hydrogen-bond donors (Lipinski definition) is 2. The molecule has 1 heterocycles. The number of nitrogens with one attached hydrogen (secondary N) is 1. The van der Waals surface area contributed by atoms with Crippen molar-refractivity contribution in [3.05, 3.63) is 63.7 Å². The topological polar surface area (TPSA) is 96.6 Å². The average molecular weight is 273 g/mol. The van der Waals surface area contributed by atoms with Gasteiger partial charge in [-0.2, -0.15) is 0 Å². The molecule has 2 N–H and O–H groups in total. The number of carbonyl (C=O) groups excluding carboxylic acids is 1. The normalized spacial score (nSPS) is 10.1. The van der Waals surface area contributed by atoms with Crippen LogP contribution in [-0.4, -0.2) is 17.0 Å². The maximum absolute atomic E-state index is 11.9. The highest BCUT2D eigenvalue weighted by Gasteiger charge is 2.13. The zero-order valence-electron chi connectivity index (χ0n) is 10.5. The predicted molar refractivity (Wildman–Crippen MR) is 71.1 cm³/mol. The van der Waals surface area contributed by atoms with E-state index in [4.69, 9.17) is 5.11 Å². The molecule has 0 unspecified atom stereocenters. The molecule has 6 nitrogen and oxygen atoms in total. The third-order valence-electron chi connectivity index (χ3n) is 2.78. The summed E-state index contributed by atoms with van der Waals surface area (Å²) in [5.74, 6) is -1.55. The van der Waals surface area contributed by atoms with Crippen LogP contribution >= 0.6 is 0 Å². The van der Waals surface area contributed by atoms with Gasteiger partial charge in [0.25, 0.3) is 5.91 Å². The van der Waals surface area contributed by atoms with Crippen molar-refractivity contribution in [2.45, 2.75) is 6.92 Å². The summed E-state index contributed by atoms with van der Waals surface area (Å²) in [5.41, 5.74) is 0.574. The number of amides is 1. The van der Waals surface area contributed by atoms with Crippen LogP contribution in [0, 0.1) is 6.92 Å². The van der Waals surface area contributed by atoms with Gasteiger partial charge >= 0.3 is 11.6 Å². The molecule has 0 saturated carbocycles. The molecule has 102 valence electrons. The zero-order chi connectivity index (χ0) is 14.7. The highest BCUT2D eigenvalue weighted by molar-refractivity contribution is 6.05. The van der Waals surface area contributed by atoms with Crippen molar-refractivity contribution in [3.8, 4) is 0 Å². The second-order valence-electron chi connectivity index (χ2n) is 4.08. The van der Waals surface area contributed by atoms with E-state index >= 15 is 0 Å². The van der Waals surface area contributed by atoms with E-state index in [0.717, 1.165) is 12.3 Å². The molecule has 2 aromatic rings. The molecule has 1 amide bonds. The fraction of sp³-hybridized carbons (Fsp3) is 0.0714. The van der Waals surface area contributed by atoms with Crippen molar-refractivity contribution in [2.75, 3.05) is 5.32 Å². The Balaban J connectivity index is 2.28. The molecule has 1 aromatic heterocycles. The third kappa shape index (κ3) is 2.74. The Bertz CT molecular complexity index is 712. The monoisotopic (exact) mass is 273 g/mol. The number of carboxylic acid groups (broad SMARTS) is 1. The molecule has 0 spiro atoms. The van der Waals surface area contributed by atoms with Gasteiger partial charge in [0.05, 0.1) is 11.1 Å². The minimum Gasteiger partial charge on any atom is -0.478 e. The molecule has 6 heteroatoms. The van der Waals surface area contributed by atoms with Crippen LogP contribution in [0.3, 0.4) is 0 Å². The maximum Gasteiger partial charge on any atom is 0.336 e. The van der Waals surface area contributed by atoms with Crippen LogP contribution in [0.5, 0.6) is 0 Å². The van der Waals surface area contributed by atoms with Crippen molar-refractivity contribution in [3.63, 3.8) is 0 Å². The van der Waals surface area contributed by atoms with Crippen molar-refractivity contribution >= 4 is 17.6 Å². The number of carbonyl (C=O) groups is 2. The molecule has 0 aliphatic rings. The van der Waals surface area contributed by atoms with E-state index in [0.29, 0.717) is 11.3 Å². The second-order valence-corrected chi connectivity index (χ2v) is 4.08. The zero-order valence-corrected chi connectivity index (χ0v) is 10.5. The highest BCUT2D eigenvalue weighted by Crippen LogP contribution is 2.19. The SMILES string of the molecule is Cc1c(NC(=O)c2ccc(=O)oc2)cccc1C(=O)O. The Kier molecular flexibility index (Phi) is 3.65. The van der Waals surface area contributed by atoms with Gasteiger partial charge in [-0.15, -0.1) is 0 Å². The molecule has 0 bridgehead atoms. The van der Waals surface area contributed by atoms with E-state index in [1.807, 2.05) is 0 Å². The fourth-order valence-corrected chi connectivity index (χ4v) is 1.68. The van der Waals surface area contributed by atoms with Crippen LogP contribution in [0.25, 0.3) is 0 Å². The molecule has 20 heavy (non-hydrogen) atoms. The van der Waals surface area contributed by atoms with E-state index in [-0.39, 0.29) is 11.1 Å². The first-order chi connectivity index (χ1) is 9.49. The summed E-state index contributed by atoms with van der Waals surface area (Å²) < 4.78 is 4.60. The molecular formula is C14H11NO5. The maximum atomic E-state index is 11.9. The average Bonchev–Trinajstić information content (AvgIpc) is 2.41. The van der Waals surface area contributed by atoms with Crippen LogP contribution in [0.2, 0.25) is 0 Å². The van der Waals surface area contributed by atoms with E-state index in [1.165, 1.54) is 18.2 Å². The molecule has 0 aliphatic carbocycles. The van der Waals surface area contributed by atoms with Gasteiger partial charge in [0, 0.05) is 11.8 Å². The van der Waals surface area contributed by atoms with Gasteiger partial charge in [0.1, 0.15) is 6.26 Å². The molecule has 0 atom stereocenters. The number of anilines is 1. The summed E-state index contributed by atoms with van der Waals surface area (Å²) in [5, 5.41) is 11.6. The standard InChI is InChI=1S/C14H11NO5/c1-8-10(14(18)19)3-2-4-11(8)15-13(17)9-5-6-12(16)20-7-9/h2-7H,1H3,(H,15,17)(H,18,19). The number of rotatable bonds is 3. The summed E-state index contributed by atoms with van der Waals surface area (Å²) in [6.45, 7) is 1.60. The van der Waals surface area contributed by atoms with Gasteiger partial charge in [0.15, 0.2) is 0 Å². The highest BCUT2D eigenvalue weighted by atomic mass is 16.4. The van der Waals surface area contributed by atoms with E-state index in [2.05, 4.69) is 9.73 Å². The lowest BCUT2D eigenvalue weighted by atomic mass is 10.1. The first-order valence-corrected chi connectivity index (χ1v) is 5.72. The molecule has 0 saturated heterocycles. The number of benzene rings is 1. The minimum absolute atomic E-state index is 0.113. The lowest BCUT2D eigenvalue weighted by Crippen LogP contribution is -2.14. The van der Waals surface area contributed by atoms with Gasteiger partial charge in [-0.25, -0.2) is 9.59 Å². The fourth-order valence-electron chi connectivity index (χ4n) is 1.68. The Morgan fingerprint density at radius 1 is 1.20 bits per heavy atom. The Morgan fingerprint density at radius 2 is 1.95 bits per heavy atom. The Morgan fingerprint density at radius 3 is 2.55 bits per heavy atom. The Hall–Kier alpha value is -2.89.